The minimum Gasteiger partial charge on any atom is -0.493 e. The Kier molecular flexibility index (Phi) is 4.44. The minimum atomic E-state index is -0.434. The van der Waals surface area contributed by atoms with Gasteiger partial charge in [0, 0.05) is 5.56 Å². The first-order chi connectivity index (χ1) is 8.76. The first kappa shape index (κ1) is 13.2. The van der Waals surface area contributed by atoms with E-state index >= 15 is 0 Å². The van der Waals surface area contributed by atoms with Gasteiger partial charge in [-0.15, -0.1) is 0 Å². The van der Waals surface area contributed by atoms with Crippen LogP contribution in [-0.2, 0) is 0 Å². The molecule has 0 heterocycles. The summed E-state index contributed by atoms with van der Waals surface area (Å²) in [6, 6.07) is 5.17. The maximum atomic E-state index is 9.22. The number of para-hydroxylation sites is 1. The Balaban J connectivity index is 2.27. The molecule has 1 atom stereocenters. The second kappa shape index (κ2) is 6.07. The number of benzene rings is 1. The molecule has 1 aromatic carbocycles. The largest absolute Gasteiger partial charge is 0.493 e. The average molecular weight is 251 g/mol. The van der Waals surface area contributed by atoms with E-state index in [4.69, 9.17) is 15.2 Å². The molecule has 100 valence electrons. The van der Waals surface area contributed by atoms with Gasteiger partial charge in [0.1, 0.15) is 0 Å². The molecule has 0 aromatic heterocycles. The van der Waals surface area contributed by atoms with Gasteiger partial charge in [0.05, 0.1) is 25.9 Å². The molecule has 1 fully saturated rings. The van der Waals surface area contributed by atoms with E-state index in [0.29, 0.717) is 11.5 Å². The third kappa shape index (κ3) is 2.76. The Morgan fingerprint density at radius 2 is 2.11 bits per heavy atom. The molecular weight excluding hydrogens is 230 g/mol. The van der Waals surface area contributed by atoms with E-state index in [-0.39, 0.29) is 12.7 Å². The fourth-order valence-corrected chi connectivity index (χ4v) is 2.38. The van der Waals surface area contributed by atoms with Crippen molar-refractivity contribution in [1.82, 2.24) is 0 Å². The number of aliphatic hydroxyl groups excluding tert-OH is 1. The summed E-state index contributed by atoms with van der Waals surface area (Å²) in [5.74, 6) is 1.37. The van der Waals surface area contributed by atoms with Crippen molar-refractivity contribution >= 4 is 0 Å². The average Bonchev–Trinajstić information content (AvgIpc) is 2.91. The summed E-state index contributed by atoms with van der Waals surface area (Å²) in [4.78, 5) is 0. The van der Waals surface area contributed by atoms with Crippen LogP contribution in [0.2, 0.25) is 0 Å². The van der Waals surface area contributed by atoms with Gasteiger partial charge in [-0.3, -0.25) is 0 Å². The van der Waals surface area contributed by atoms with Crippen molar-refractivity contribution in [3.63, 3.8) is 0 Å². The van der Waals surface area contributed by atoms with Crippen LogP contribution in [0.5, 0.6) is 11.5 Å². The van der Waals surface area contributed by atoms with Gasteiger partial charge >= 0.3 is 0 Å². The summed E-state index contributed by atoms with van der Waals surface area (Å²) in [7, 11) is 1.62. The second-order valence-electron chi connectivity index (χ2n) is 4.69. The van der Waals surface area contributed by atoms with Crippen LogP contribution in [0, 0.1) is 0 Å². The first-order valence-electron chi connectivity index (χ1n) is 6.46. The maximum absolute atomic E-state index is 9.22. The zero-order valence-corrected chi connectivity index (χ0v) is 10.8. The number of nitrogens with two attached hydrogens (primary N) is 1. The number of methoxy groups -OCH3 is 1. The Labute approximate surface area is 108 Å². The van der Waals surface area contributed by atoms with Crippen molar-refractivity contribution in [2.45, 2.75) is 37.8 Å². The number of rotatable bonds is 5. The SMILES string of the molecule is COc1cccc([C@H](N)CO)c1OC1CCCC1. The van der Waals surface area contributed by atoms with Crippen LogP contribution in [0.15, 0.2) is 18.2 Å². The van der Waals surface area contributed by atoms with Crippen molar-refractivity contribution in [3.05, 3.63) is 23.8 Å². The van der Waals surface area contributed by atoms with Crippen molar-refractivity contribution in [1.29, 1.82) is 0 Å². The highest BCUT2D eigenvalue weighted by Crippen LogP contribution is 2.36. The molecule has 3 N–H and O–H groups in total. The van der Waals surface area contributed by atoms with E-state index in [9.17, 15) is 5.11 Å². The van der Waals surface area contributed by atoms with Crippen LogP contribution in [0.1, 0.15) is 37.3 Å². The fraction of sp³-hybridized carbons (Fsp3) is 0.571. The van der Waals surface area contributed by atoms with E-state index < -0.39 is 6.04 Å². The Hall–Kier alpha value is -1.26. The van der Waals surface area contributed by atoms with E-state index in [0.717, 1.165) is 18.4 Å². The molecule has 0 saturated heterocycles. The molecule has 18 heavy (non-hydrogen) atoms. The summed E-state index contributed by atoms with van der Waals surface area (Å²) in [5, 5.41) is 9.22. The zero-order chi connectivity index (χ0) is 13.0. The summed E-state index contributed by atoms with van der Waals surface area (Å²) in [6.45, 7) is -0.103. The lowest BCUT2D eigenvalue weighted by Crippen LogP contribution is -2.19. The number of hydrogen-bond acceptors (Lipinski definition) is 4. The molecule has 0 unspecified atom stereocenters. The Morgan fingerprint density at radius 1 is 1.39 bits per heavy atom. The Bertz CT molecular complexity index is 389. The molecule has 0 bridgehead atoms. The van der Waals surface area contributed by atoms with Gasteiger partial charge in [-0.1, -0.05) is 12.1 Å². The predicted molar refractivity (Wildman–Crippen MR) is 69.9 cm³/mol. The van der Waals surface area contributed by atoms with Crippen LogP contribution in [0.25, 0.3) is 0 Å². The van der Waals surface area contributed by atoms with Gasteiger partial charge in [-0.05, 0) is 31.7 Å². The lowest BCUT2D eigenvalue weighted by atomic mass is 10.1. The van der Waals surface area contributed by atoms with E-state index in [1.54, 1.807) is 7.11 Å². The summed E-state index contributed by atoms with van der Waals surface area (Å²) in [5.41, 5.74) is 6.72. The molecule has 0 aliphatic heterocycles. The highest BCUT2D eigenvalue weighted by molar-refractivity contribution is 5.48. The third-order valence-electron chi connectivity index (χ3n) is 3.41. The van der Waals surface area contributed by atoms with Gasteiger partial charge < -0.3 is 20.3 Å². The molecule has 1 aliphatic rings. The molecule has 4 heteroatoms. The van der Waals surface area contributed by atoms with Gasteiger partial charge in [0.2, 0.25) is 0 Å². The molecule has 4 nitrogen and oxygen atoms in total. The maximum Gasteiger partial charge on any atom is 0.166 e. The van der Waals surface area contributed by atoms with Crippen molar-refractivity contribution in [2.75, 3.05) is 13.7 Å². The van der Waals surface area contributed by atoms with Crippen molar-refractivity contribution in [2.24, 2.45) is 5.73 Å². The van der Waals surface area contributed by atoms with Crippen LogP contribution in [-0.4, -0.2) is 24.9 Å². The summed E-state index contributed by atoms with van der Waals surface area (Å²) < 4.78 is 11.4. The molecule has 0 radical (unpaired) electrons. The van der Waals surface area contributed by atoms with Crippen molar-refractivity contribution < 1.29 is 14.6 Å². The highest BCUT2D eigenvalue weighted by Gasteiger charge is 2.22. The first-order valence-corrected chi connectivity index (χ1v) is 6.46. The van der Waals surface area contributed by atoms with E-state index in [2.05, 4.69) is 0 Å². The van der Waals surface area contributed by atoms with E-state index in [1.165, 1.54) is 12.8 Å². The van der Waals surface area contributed by atoms with E-state index in [1.807, 2.05) is 18.2 Å². The fourth-order valence-electron chi connectivity index (χ4n) is 2.38. The smallest absolute Gasteiger partial charge is 0.166 e. The van der Waals surface area contributed by atoms with Gasteiger partial charge in [0.15, 0.2) is 11.5 Å². The van der Waals surface area contributed by atoms with Gasteiger partial charge in [-0.2, -0.15) is 0 Å². The summed E-state index contributed by atoms with van der Waals surface area (Å²) in [6.07, 6.45) is 4.81. The molecule has 0 spiro atoms. The van der Waals surface area contributed by atoms with Crippen LogP contribution in [0.3, 0.4) is 0 Å². The molecule has 1 saturated carbocycles. The zero-order valence-electron chi connectivity index (χ0n) is 10.8. The van der Waals surface area contributed by atoms with Gasteiger partial charge in [0.25, 0.3) is 0 Å². The van der Waals surface area contributed by atoms with Crippen LogP contribution < -0.4 is 15.2 Å². The standard InChI is InChI=1S/C14H21NO3/c1-17-13-8-4-7-11(12(15)9-16)14(13)18-10-5-2-3-6-10/h4,7-8,10,12,16H,2-3,5-6,9,15H2,1H3/t12-/m1/s1. The molecule has 2 rings (SSSR count). The Morgan fingerprint density at radius 3 is 2.72 bits per heavy atom. The predicted octanol–water partition coefficient (Wildman–Crippen LogP) is 2.01. The van der Waals surface area contributed by atoms with Gasteiger partial charge in [-0.25, -0.2) is 0 Å². The summed E-state index contributed by atoms with van der Waals surface area (Å²) >= 11 is 0. The lowest BCUT2D eigenvalue weighted by Gasteiger charge is -2.21. The third-order valence-corrected chi connectivity index (χ3v) is 3.41. The van der Waals surface area contributed by atoms with Crippen LogP contribution >= 0.6 is 0 Å². The quantitative estimate of drug-likeness (QED) is 0.840. The minimum absolute atomic E-state index is 0.103. The van der Waals surface area contributed by atoms with Crippen LogP contribution in [0.4, 0.5) is 0 Å². The highest BCUT2D eigenvalue weighted by atomic mass is 16.5. The molecule has 1 aliphatic carbocycles. The monoisotopic (exact) mass is 251 g/mol. The van der Waals surface area contributed by atoms with Crippen molar-refractivity contribution in [3.8, 4) is 11.5 Å². The topological polar surface area (TPSA) is 64.7 Å². The number of hydrogen-bond donors (Lipinski definition) is 2. The second-order valence-corrected chi connectivity index (χ2v) is 4.69. The normalized spacial score (nSPS) is 17.7. The lowest BCUT2D eigenvalue weighted by molar-refractivity contribution is 0.194. The molecule has 1 aromatic rings. The number of aliphatic hydroxyl groups is 1. The number of ether oxygens (including phenoxy) is 2. The molecular formula is C14H21NO3. The molecule has 0 amide bonds.